The number of hydrogen-bond donors (Lipinski definition) is 2. The summed E-state index contributed by atoms with van der Waals surface area (Å²) in [5.41, 5.74) is 0.628. The normalized spacial score (nSPS) is 10.8. The molecule has 0 unspecified atom stereocenters. The molecule has 4 nitrogen and oxygen atoms in total. The maximum absolute atomic E-state index is 12.5. The number of benzene rings is 2. The van der Waals surface area contributed by atoms with Crippen molar-refractivity contribution in [1.29, 1.82) is 5.26 Å². The number of halogens is 3. The Hall–Kier alpha value is -3.01. The van der Waals surface area contributed by atoms with Crippen LogP contribution in [0.15, 0.2) is 48.5 Å². The van der Waals surface area contributed by atoms with Crippen molar-refractivity contribution < 1.29 is 18.0 Å². The van der Waals surface area contributed by atoms with Crippen molar-refractivity contribution in [2.75, 3.05) is 17.2 Å². The Kier molecular flexibility index (Phi) is 5.42. The zero-order valence-corrected chi connectivity index (χ0v) is 12.5. The van der Waals surface area contributed by atoms with Gasteiger partial charge in [0.1, 0.15) is 6.07 Å². The highest BCUT2D eigenvalue weighted by Crippen LogP contribution is 2.29. The Morgan fingerprint density at radius 3 is 2.38 bits per heavy atom. The molecule has 1 amide bonds. The van der Waals surface area contributed by atoms with Gasteiger partial charge in [-0.15, -0.1) is 0 Å². The van der Waals surface area contributed by atoms with E-state index in [1.165, 1.54) is 12.1 Å². The highest BCUT2D eigenvalue weighted by molar-refractivity contribution is 5.91. The quantitative estimate of drug-likeness (QED) is 0.869. The lowest BCUT2D eigenvalue weighted by Gasteiger charge is -2.10. The maximum atomic E-state index is 12.5. The molecule has 0 radical (unpaired) electrons. The number of nitrogens with zero attached hydrogens (tertiary/aromatic N) is 1. The predicted octanol–water partition coefficient (Wildman–Crippen LogP) is 4.02. The van der Waals surface area contributed by atoms with Crippen LogP contribution in [0.25, 0.3) is 0 Å². The third-order valence-electron chi connectivity index (χ3n) is 3.21. The zero-order valence-electron chi connectivity index (χ0n) is 12.5. The summed E-state index contributed by atoms with van der Waals surface area (Å²) in [6, 6.07) is 13.2. The summed E-state index contributed by atoms with van der Waals surface area (Å²) in [4.78, 5) is 11.8. The summed E-state index contributed by atoms with van der Waals surface area (Å²) in [5.74, 6) is -0.336. The van der Waals surface area contributed by atoms with Gasteiger partial charge >= 0.3 is 6.18 Å². The third kappa shape index (κ3) is 4.74. The lowest BCUT2D eigenvalue weighted by Crippen LogP contribution is -2.16. The Morgan fingerprint density at radius 2 is 1.75 bits per heavy atom. The largest absolute Gasteiger partial charge is 0.416 e. The van der Waals surface area contributed by atoms with E-state index in [1.54, 1.807) is 24.3 Å². The van der Waals surface area contributed by atoms with E-state index in [2.05, 4.69) is 10.6 Å². The molecule has 0 aliphatic heterocycles. The monoisotopic (exact) mass is 333 g/mol. The Balaban J connectivity index is 1.84. The molecule has 2 N–H and O–H groups in total. The van der Waals surface area contributed by atoms with Crippen LogP contribution in [0.5, 0.6) is 0 Å². The first-order valence-corrected chi connectivity index (χ1v) is 7.10. The smallest absolute Gasteiger partial charge is 0.383 e. The SMILES string of the molecule is N#Cc1ccccc1NCCC(=O)Nc1ccc(C(F)(F)F)cc1. The van der Waals surface area contributed by atoms with Crippen LogP contribution >= 0.6 is 0 Å². The minimum absolute atomic E-state index is 0.112. The average molecular weight is 333 g/mol. The third-order valence-corrected chi connectivity index (χ3v) is 3.21. The minimum atomic E-state index is -4.40. The Bertz CT molecular complexity index is 749. The summed E-state index contributed by atoms with van der Waals surface area (Å²) in [6.07, 6.45) is -4.29. The molecule has 7 heteroatoms. The lowest BCUT2D eigenvalue weighted by atomic mass is 10.2. The van der Waals surface area contributed by atoms with E-state index in [0.29, 0.717) is 23.5 Å². The van der Waals surface area contributed by atoms with Crippen LogP contribution in [-0.2, 0) is 11.0 Å². The fourth-order valence-corrected chi connectivity index (χ4v) is 2.01. The zero-order chi connectivity index (χ0) is 17.6. The van der Waals surface area contributed by atoms with Crippen molar-refractivity contribution >= 4 is 17.3 Å². The van der Waals surface area contributed by atoms with Crippen molar-refractivity contribution in [3.8, 4) is 6.07 Å². The van der Waals surface area contributed by atoms with E-state index in [9.17, 15) is 18.0 Å². The molecular weight excluding hydrogens is 319 g/mol. The van der Waals surface area contributed by atoms with Gasteiger partial charge in [-0.25, -0.2) is 0 Å². The second kappa shape index (κ2) is 7.51. The lowest BCUT2D eigenvalue weighted by molar-refractivity contribution is -0.137. The van der Waals surface area contributed by atoms with E-state index in [4.69, 9.17) is 5.26 Å². The molecule has 0 spiro atoms. The predicted molar refractivity (Wildman–Crippen MR) is 84.3 cm³/mol. The summed E-state index contributed by atoms with van der Waals surface area (Å²) in [5, 5.41) is 14.5. The second-order valence-electron chi connectivity index (χ2n) is 4.96. The first-order chi connectivity index (χ1) is 11.4. The molecule has 0 aliphatic carbocycles. The van der Waals surface area contributed by atoms with Crippen molar-refractivity contribution in [1.82, 2.24) is 0 Å². The van der Waals surface area contributed by atoms with Gasteiger partial charge in [-0.1, -0.05) is 12.1 Å². The molecule has 0 saturated carbocycles. The van der Waals surface area contributed by atoms with E-state index >= 15 is 0 Å². The van der Waals surface area contributed by atoms with Gasteiger partial charge in [-0.05, 0) is 36.4 Å². The van der Waals surface area contributed by atoms with E-state index in [1.807, 2.05) is 6.07 Å². The number of hydrogen-bond acceptors (Lipinski definition) is 3. The molecule has 124 valence electrons. The molecule has 2 aromatic rings. The van der Waals surface area contributed by atoms with E-state index < -0.39 is 11.7 Å². The molecule has 0 atom stereocenters. The number of amides is 1. The number of carbonyl (C=O) groups is 1. The first kappa shape index (κ1) is 17.3. The van der Waals surface area contributed by atoms with Gasteiger partial charge in [-0.3, -0.25) is 4.79 Å². The number of rotatable bonds is 5. The van der Waals surface area contributed by atoms with E-state index in [-0.39, 0.29) is 12.3 Å². The fraction of sp³-hybridized carbons (Fsp3) is 0.176. The van der Waals surface area contributed by atoms with E-state index in [0.717, 1.165) is 12.1 Å². The molecular formula is C17H14F3N3O. The standard InChI is InChI=1S/C17H14F3N3O/c18-17(19,20)13-5-7-14(8-6-13)23-16(24)9-10-22-15-4-2-1-3-12(15)11-21/h1-8,22H,9-10H2,(H,23,24). The minimum Gasteiger partial charge on any atom is -0.383 e. The average Bonchev–Trinajstić information content (AvgIpc) is 2.55. The molecule has 0 aliphatic rings. The summed E-state index contributed by atoms with van der Waals surface area (Å²) in [7, 11) is 0. The van der Waals surface area contributed by atoms with Crippen LogP contribution in [0.2, 0.25) is 0 Å². The summed E-state index contributed by atoms with van der Waals surface area (Å²) >= 11 is 0. The number of para-hydroxylation sites is 1. The summed E-state index contributed by atoms with van der Waals surface area (Å²) < 4.78 is 37.4. The highest BCUT2D eigenvalue weighted by Gasteiger charge is 2.29. The molecule has 0 heterocycles. The van der Waals surface area contributed by atoms with Gasteiger partial charge < -0.3 is 10.6 Å². The second-order valence-corrected chi connectivity index (χ2v) is 4.96. The van der Waals surface area contributed by atoms with Crippen LogP contribution in [0.4, 0.5) is 24.5 Å². The van der Waals surface area contributed by atoms with Gasteiger partial charge in [-0.2, -0.15) is 18.4 Å². The number of nitrogens with one attached hydrogen (secondary N) is 2. The van der Waals surface area contributed by atoms with Crippen LogP contribution in [0.3, 0.4) is 0 Å². The number of carbonyl (C=O) groups excluding carboxylic acids is 1. The Labute approximate surface area is 136 Å². The Morgan fingerprint density at radius 1 is 1.08 bits per heavy atom. The molecule has 24 heavy (non-hydrogen) atoms. The van der Waals surface area contributed by atoms with Gasteiger partial charge in [0.2, 0.25) is 5.91 Å². The molecule has 2 aromatic carbocycles. The van der Waals surface area contributed by atoms with Gasteiger partial charge in [0, 0.05) is 18.7 Å². The van der Waals surface area contributed by atoms with Gasteiger partial charge in [0.25, 0.3) is 0 Å². The number of anilines is 2. The number of nitriles is 1. The van der Waals surface area contributed by atoms with Crippen molar-refractivity contribution in [3.63, 3.8) is 0 Å². The molecule has 2 rings (SSSR count). The van der Waals surface area contributed by atoms with Crippen molar-refractivity contribution in [2.45, 2.75) is 12.6 Å². The van der Waals surface area contributed by atoms with Crippen LogP contribution in [0.1, 0.15) is 17.5 Å². The van der Waals surface area contributed by atoms with Crippen molar-refractivity contribution in [2.24, 2.45) is 0 Å². The van der Waals surface area contributed by atoms with Gasteiger partial charge in [0.05, 0.1) is 16.8 Å². The van der Waals surface area contributed by atoms with Crippen LogP contribution < -0.4 is 10.6 Å². The van der Waals surface area contributed by atoms with Crippen LogP contribution in [0, 0.1) is 11.3 Å². The fourth-order valence-electron chi connectivity index (χ4n) is 2.01. The first-order valence-electron chi connectivity index (χ1n) is 7.10. The van der Waals surface area contributed by atoms with Crippen LogP contribution in [-0.4, -0.2) is 12.5 Å². The van der Waals surface area contributed by atoms with Gasteiger partial charge in [0.15, 0.2) is 0 Å². The number of alkyl halides is 3. The molecule has 0 aromatic heterocycles. The van der Waals surface area contributed by atoms with Crippen molar-refractivity contribution in [3.05, 3.63) is 59.7 Å². The molecule has 0 bridgehead atoms. The summed E-state index contributed by atoms with van der Waals surface area (Å²) in [6.45, 7) is 0.297. The highest BCUT2D eigenvalue weighted by atomic mass is 19.4. The topological polar surface area (TPSA) is 64.9 Å². The maximum Gasteiger partial charge on any atom is 0.416 e. The molecule has 0 fully saturated rings. The molecule has 0 saturated heterocycles.